The summed E-state index contributed by atoms with van der Waals surface area (Å²) in [5.41, 5.74) is 2.43. The number of carbonyl (C=O) groups is 1. The van der Waals surface area contributed by atoms with Crippen LogP contribution in [0.5, 0.6) is 0 Å². The Hall–Kier alpha value is -4.30. The highest BCUT2D eigenvalue weighted by Crippen LogP contribution is 2.44. The van der Waals surface area contributed by atoms with E-state index >= 15 is 0 Å². The number of aliphatic carboxylic acids is 1. The van der Waals surface area contributed by atoms with Gasteiger partial charge in [0.15, 0.2) is 5.54 Å². The molecule has 12 heteroatoms. The topological polar surface area (TPSA) is 142 Å². The van der Waals surface area contributed by atoms with Gasteiger partial charge in [-0.05, 0) is 43.4 Å². The minimum atomic E-state index is -1.11. The van der Waals surface area contributed by atoms with E-state index in [4.69, 9.17) is 11.6 Å². The second kappa shape index (κ2) is 10.0. The molecule has 40 heavy (non-hydrogen) atoms. The van der Waals surface area contributed by atoms with Gasteiger partial charge >= 0.3 is 5.97 Å². The van der Waals surface area contributed by atoms with Crippen LogP contribution in [0.3, 0.4) is 0 Å². The Kier molecular flexibility index (Phi) is 6.84. The van der Waals surface area contributed by atoms with Crippen LogP contribution in [0.1, 0.15) is 62.2 Å². The zero-order valence-electron chi connectivity index (χ0n) is 22.5. The van der Waals surface area contributed by atoms with Gasteiger partial charge in [0.2, 0.25) is 5.95 Å². The van der Waals surface area contributed by atoms with E-state index in [-0.39, 0.29) is 5.41 Å². The van der Waals surface area contributed by atoms with Crippen molar-refractivity contribution in [1.29, 1.82) is 5.26 Å². The summed E-state index contributed by atoms with van der Waals surface area (Å²) in [5.74, 6) is -1.59. The van der Waals surface area contributed by atoms with E-state index in [2.05, 4.69) is 57.8 Å². The lowest BCUT2D eigenvalue weighted by molar-refractivity contribution is -0.142. The first-order valence-corrected chi connectivity index (χ1v) is 13.1. The number of hydrogen-bond acceptors (Lipinski definition) is 8. The van der Waals surface area contributed by atoms with Gasteiger partial charge in [0.25, 0.3) is 0 Å². The molecule has 5 rings (SSSR count). The molecule has 10 nitrogen and oxygen atoms in total. The highest BCUT2D eigenvalue weighted by molar-refractivity contribution is 6.35. The summed E-state index contributed by atoms with van der Waals surface area (Å²) in [6.07, 6.45) is 4.01. The fraction of sp³-hybridized carbons (Fsp3) is 0.357. The zero-order chi connectivity index (χ0) is 28.8. The van der Waals surface area contributed by atoms with Crippen molar-refractivity contribution in [3.8, 4) is 6.07 Å². The number of nitriles is 1. The number of pyridine rings is 2. The number of fused-ring (bicyclic) bond motifs is 1. The molecule has 3 aromatic heterocycles. The number of carboxylic acids is 1. The Morgan fingerprint density at radius 3 is 2.70 bits per heavy atom. The molecule has 3 N–H and O–H groups in total. The molecule has 0 bridgehead atoms. The molecule has 3 heterocycles. The molecule has 1 atom stereocenters. The molecule has 1 saturated carbocycles. The summed E-state index contributed by atoms with van der Waals surface area (Å²) in [6, 6.07) is 7.94. The van der Waals surface area contributed by atoms with Crippen LogP contribution in [-0.2, 0) is 10.3 Å². The number of hydrogen-bond donors (Lipinski definition) is 3. The summed E-state index contributed by atoms with van der Waals surface area (Å²) in [5, 5.41) is 35.7. The average Bonchev–Trinajstić information content (AvgIpc) is 3.56. The Labute approximate surface area is 235 Å². The number of anilines is 2. The van der Waals surface area contributed by atoms with Crippen LogP contribution in [-0.4, -0.2) is 42.6 Å². The first kappa shape index (κ1) is 27.3. The number of halogens is 2. The zero-order valence-corrected chi connectivity index (χ0v) is 23.2. The van der Waals surface area contributed by atoms with Gasteiger partial charge in [-0.15, -0.1) is 5.10 Å². The molecule has 0 aliphatic heterocycles. The van der Waals surface area contributed by atoms with Crippen molar-refractivity contribution in [2.24, 2.45) is 5.41 Å². The summed E-state index contributed by atoms with van der Waals surface area (Å²) in [7, 11) is 0. The molecule has 0 amide bonds. The lowest BCUT2D eigenvalue weighted by Crippen LogP contribution is -2.27. The fourth-order valence-electron chi connectivity index (χ4n) is 4.57. The van der Waals surface area contributed by atoms with Gasteiger partial charge in [-0.25, -0.2) is 14.5 Å². The predicted octanol–water partition coefficient (Wildman–Crippen LogP) is 5.43. The van der Waals surface area contributed by atoms with E-state index in [1.54, 1.807) is 25.3 Å². The van der Waals surface area contributed by atoms with Gasteiger partial charge in [-0.3, -0.25) is 4.98 Å². The van der Waals surface area contributed by atoms with Gasteiger partial charge in [0, 0.05) is 35.1 Å². The molecule has 1 fully saturated rings. The highest BCUT2D eigenvalue weighted by atomic mass is 35.5. The summed E-state index contributed by atoms with van der Waals surface area (Å²) >= 11 is 6.68. The molecule has 0 saturated heterocycles. The monoisotopic (exact) mass is 562 g/mol. The molecular weight excluding hydrogens is 535 g/mol. The van der Waals surface area contributed by atoms with Gasteiger partial charge in [-0.2, -0.15) is 9.65 Å². The van der Waals surface area contributed by atoms with Crippen molar-refractivity contribution in [2.45, 2.75) is 52.1 Å². The number of aryl methyl sites for hydroxylation is 1. The quantitative estimate of drug-likeness (QED) is 0.240. The smallest absolute Gasteiger partial charge is 0.331 e. The van der Waals surface area contributed by atoms with Gasteiger partial charge in [-0.1, -0.05) is 43.7 Å². The Morgan fingerprint density at radius 1 is 1.32 bits per heavy atom. The maximum Gasteiger partial charge on any atom is 0.331 e. The molecule has 0 radical (unpaired) electrons. The third-order valence-electron chi connectivity index (χ3n) is 6.92. The van der Waals surface area contributed by atoms with Crippen LogP contribution in [0.15, 0.2) is 36.7 Å². The van der Waals surface area contributed by atoms with Crippen molar-refractivity contribution in [1.82, 2.24) is 25.0 Å². The largest absolute Gasteiger partial charge is 0.479 e. The van der Waals surface area contributed by atoms with Crippen LogP contribution in [0.25, 0.3) is 10.9 Å². The lowest BCUT2D eigenvalue weighted by atomic mass is 9.96. The average molecular weight is 563 g/mol. The Morgan fingerprint density at radius 2 is 2.08 bits per heavy atom. The molecule has 0 spiro atoms. The van der Waals surface area contributed by atoms with E-state index in [1.165, 1.54) is 16.9 Å². The molecular formula is C28H28ClFN8O2. The minimum absolute atomic E-state index is 0.0547. The van der Waals surface area contributed by atoms with Crippen molar-refractivity contribution < 1.29 is 14.3 Å². The minimum Gasteiger partial charge on any atom is -0.479 e. The maximum absolute atomic E-state index is 13.9. The predicted molar refractivity (Wildman–Crippen MR) is 149 cm³/mol. The fourth-order valence-corrected chi connectivity index (χ4v) is 4.84. The van der Waals surface area contributed by atoms with Crippen molar-refractivity contribution in [3.05, 3.63) is 70.1 Å². The Bertz CT molecular complexity index is 1670. The van der Waals surface area contributed by atoms with Gasteiger partial charge < -0.3 is 15.7 Å². The summed E-state index contributed by atoms with van der Waals surface area (Å²) in [6.45, 7) is 8.54. The lowest BCUT2D eigenvalue weighted by Gasteiger charge is -2.23. The molecule has 206 valence electrons. The number of rotatable bonds is 8. The van der Waals surface area contributed by atoms with Crippen molar-refractivity contribution >= 4 is 39.8 Å². The first-order chi connectivity index (χ1) is 18.9. The van der Waals surface area contributed by atoms with E-state index < -0.39 is 23.5 Å². The van der Waals surface area contributed by atoms with E-state index in [0.717, 1.165) is 0 Å². The molecule has 1 aliphatic carbocycles. The van der Waals surface area contributed by atoms with Crippen molar-refractivity contribution in [3.63, 3.8) is 0 Å². The van der Waals surface area contributed by atoms with Crippen LogP contribution < -0.4 is 10.6 Å². The molecule has 0 unspecified atom stereocenters. The number of aromatic nitrogens is 5. The maximum atomic E-state index is 13.9. The Balaban J connectivity index is 1.61. The molecule has 1 aliphatic rings. The summed E-state index contributed by atoms with van der Waals surface area (Å²) < 4.78 is 15.3. The van der Waals surface area contributed by atoms with Crippen molar-refractivity contribution in [2.75, 3.05) is 17.2 Å². The SMILES string of the molecule is Cc1nc(F)ccc1[C@H](Nc1cc(Cl)c2ncc(C#N)c(NCC(C)(C)C)c2c1)c1cn(C2(C(=O)O)CC2)nn1. The number of nitrogens with zero attached hydrogens (tertiary/aromatic N) is 6. The third-order valence-corrected chi connectivity index (χ3v) is 7.21. The summed E-state index contributed by atoms with van der Waals surface area (Å²) in [4.78, 5) is 20.3. The molecule has 4 aromatic rings. The van der Waals surface area contributed by atoms with Crippen LogP contribution in [0.4, 0.5) is 15.8 Å². The van der Waals surface area contributed by atoms with E-state index in [1.807, 2.05) is 6.07 Å². The first-order valence-electron chi connectivity index (χ1n) is 12.7. The second-order valence-corrected chi connectivity index (χ2v) is 11.6. The van der Waals surface area contributed by atoms with Gasteiger partial charge in [0.1, 0.15) is 11.8 Å². The molecule has 1 aromatic carbocycles. The number of benzene rings is 1. The van der Waals surface area contributed by atoms with Gasteiger partial charge in [0.05, 0.1) is 34.0 Å². The van der Waals surface area contributed by atoms with Crippen LogP contribution in [0.2, 0.25) is 5.02 Å². The standard InChI is InChI=1S/C28H28ClFN8O2/c1-15-18(5-6-22(30)34-15)25(21-13-38(37-36-21)28(7-8-28)26(39)40)35-17-9-19-23(33-14-27(2,3)4)16(11-31)12-32-24(19)20(29)10-17/h5-6,9-10,12-13,25,35H,7-8,14H2,1-4H3,(H,32,33)(H,39,40)/t25-/m0/s1. The number of nitrogens with one attached hydrogen (secondary N) is 2. The normalized spacial score (nSPS) is 14.9. The van der Waals surface area contributed by atoms with Crippen LogP contribution in [0, 0.1) is 29.6 Å². The third kappa shape index (κ3) is 5.14. The van der Waals surface area contributed by atoms with E-state index in [9.17, 15) is 19.6 Å². The number of carboxylic acid groups (broad SMARTS) is 1. The highest BCUT2D eigenvalue weighted by Gasteiger charge is 2.53. The van der Waals surface area contributed by atoms with E-state index in [0.29, 0.717) is 69.2 Å². The second-order valence-electron chi connectivity index (χ2n) is 11.2. The van der Waals surface area contributed by atoms with Crippen LogP contribution >= 0.6 is 11.6 Å².